The topological polar surface area (TPSA) is 29.3 Å². The number of benzene rings is 1. The molecule has 0 spiro atoms. The van der Waals surface area contributed by atoms with Crippen molar-refractivity contribution < 1.29 is 0 Å². The van der Waals surface area contributed by atoms with Crippen LogP contribution >= 0.6 is 0 Å². The van der Waals surface area contributed by atoms with E-state index in [0.29, 0.717) is 6.04 Å². The Kier molecular flexibility index (Phi) is 5.26. The Morgan fingerprint density at radius 1 is 1.21 bits per heavy atom. The highest BCUT2D eigenvalue weighted by Gasteiger charge is 2.24. The first-order valence-corrected chi connectivity index (χ1v) is 7.74. The van der Waals surface area contributed by atoms with Crippen LogP contribution in [0.4, 0.5) is 5.69 Å². The van der Waals surface area contributed by atoms with Crippen molar-refractivity contribution in [1.82, 2.24) is 0 Å². The van der Waals surface area contributed by atoms with Gasteiger partial charge in [0.25, 0.3) is 0 Å². The van der Waals surface area contributed by atoms with Crippen LogP contribution in [0.25, 0.3) is 0 Å². The van der Waals surface area contributed by atoms with Gasteiger partial charge >= 0.3 is 0 Å². The normalized spacial score (nSPS) is 23.3. The summed E-state index contributed by atoms with van der Waals surface area (Å²) in [6.45, 7) is 6.42. The Hall–Kier alpha value is -1.02. The number of hydrogen-bond acceptors (Lipinski definition) is 2. The maximum Gasteiger partial charge on any atom is 0.0368 e. The molecular formula is C17H28N2. The van der Waals surface area contributed by atoms with Crippen molar-refractivity contribution >= 4 is 5.69 Å². The predicted molar refractivity (Wildman–Crippen MR) is 83.6 cm³/mol. The summed E-state index contributed by atoms with van der Waals surface area (Å²) < 4.78 is 0. The average molecular weight is 260 g/mol. The third kappa shape index (κ3) is 3.97. The summed E-state index contributed by atoms with van der Waals surface area (Å²) in [7, 11) is 0. The number of nitrogens with two attached hydrogens (primary N) is 1. The van der Waals surface area contributed by atoms with Crippen LogP contribution in [0.1, 0.15) is 44.6 Å². The van der Waals surface area contributed by atoms with E-state index < -0.39 is 0 Å². The lowest BCUT2D eigenvalue weighted by Crippen LogP contribution is -2.39. The molecule has 2 rings (SSSR count). The van der Waals surface area contributed by atoms with E-state index in [1.54, 1.807) is 0 Å². The molecule has 0 saturated heterocycles. The van der Waals surface area contributed by atoms with Gasteiger partial charge in [0.2, 0.25) is 0 Å². The molecular weight excluding hydrogens is 232 g/mol. The second-order valence-corrected chi connectivity index (χ2v) is 6.10. The van der Waals surface area contributed by atoms with Crippen molar-refractivity contribution in [1.29, 1.82) is 0 Å². The maximum atomic E-state index is 5.71. The summed E-state index contributed by atoms with van der Waals surface area (Å²) in [5, 5.41) is 0. The summed E-state index contributed by atoms with van der Waals surface area (Å²) in [6, 6.07) is 9.68. The third-order valence-corrected chi connectivity index (χ3v) is 4.32. The van der Waals surface area contributed by atoms with E-state index in [4.69, 9.17) is 5.73 Å². The van der Waals surface area contributed by atoms with E-state index in [-0.39, 0.29) is 0 Å². The quantitative estimate of drug-likeness (QED) is 0.874. The van der Waals surface area contributed by atoms with E-state index >= 15 is 0 Å². The Morgan fingerprint density at radius 3 is 2.58 bits per heavy atom. The molecule has 2 unspecified atom stereocenters. The van der Waals surface area contributed by atoms with Crippen LogP contribution in [-0.2, 0) is 0 Å². The van der Waals surface area contributed by atoms with Gasteiger partial charge in [0.1, 0.15) is 0 Å². The maximum absolute atomic E-state index is 5.71. The molecule has 2 heteroatoms. The molecule has 1 aromatic rings. The van der Waals surface area contributed by atoms with Crippen LogP contribution < -0.4 is 10.6 Å². The van der Waals surface area contributed by atoms with E-state index in [1.165, 1.54) is 36.9 Å². The standard InChI is InChI=1S/C17H28N2/c1-14-7-9-16(10-8-14)19(12-4-11-18)17-6-3-5-15(2)13-17/h7-10,15,17H,3-6,11-13,18H2,1-2H3. The van der Waals surface area contributed by atoms with Crippen LogP contribution in [0.3, 0.4) is 0 Å². The molecule has 1 aliphatic carbocycles. The molecule has 1 aliphatic rings. The molecule has 0 aromatic heterocycles. The van der Waals surface area contributed by atoms with Gasteiger partial charge in [-0.1, -0.05) is 37.5 Å². The van der Waals surface area contributed by atoms with Crippen molar-refractivity contribution in [3.8, 4) is 0 Å². The molecule has 0 bridgehead atoms. The fourth-order valence-corrected chi connectivity index (χ4v) is 3.21. The van der Waals surface area contributed by atoms with Gasteiger partial charge in [-0.2, -0.15) is 0 Å². The summed E-state index contributed by atoms with van der Waals surface area (Å²) >= 11 is 0. The molecule has 1 fully saturated rings. The van der Waals surface area contributed by atoms with Gasteiger partial charge in [0, 0.05) is 18.3 Å². The van der Waals surface area contributed by atoms with Gasteiger partial charge in [-0.25, -0.2) is 0 Å². The minimum atomic E-state index is 0.706. The first-order valence-electron chi connectivity index (χ1n) is 7.74. The van der Waals surface area contributed by atoms with Gasteiger partial charge in [0.05, 0.1) is 0 Å². The van der Waals surface area contributed by atoms with Gasteiger partial charge in [-0.15, -0.1) is 0 Å². The molecule has 1 saturated carbocycles. The highest BCUT2D eigenvalue weighted by Crippen LogP contribution is 2.30. The molecule has 19 heavy (non-hydrogen) atoms. The fourth-order valence-electron chi connectivity index (χ4n) is 3.21. The van der Waals surface area contributed by atoms with Crippen molar-refractivity contribution in [3.63, 3.8) is 0 Å². The fraction of sp³-hybridized carbons (Fsp3) is 0.647. The number of anilines is 1. The average Bonchev–Trinajstić information content (AvgIpc) is 2.41. The lowest BCUT2D eigenvalue weighted by Gasteiger charge is -2.38. The second kappa shape index (κ2) is 6.95. The zero-order chi connectivity index (χ0) is 13.7. The lowest BCUT2D eigenvalue weighted by molar-refractivity contribution is 0.329. The lowest BCUT2D eigenvalue weighted by atomic mass is 9.86. The third-order valence-electron chi connectivity index (χ3n) is 4.32. The summed E-state index contributed by atoms with van der Waals surface area (Å²) in [5.41, 5.74) is 8.42. The van der Waals surface area contributed by atoms with Crippen LogP contribution in [0.5, 0.6) is 0 Å². The molecule has 0 amide bonds. The van der Waals surface area contributed by atoms with E-state index in [9.17, 15) is 0 Å². The van der Waals surface area contributed by atoms with Crippen molar-refractivity contribution in [2.75, 3.05) is 18.0 Å². The highest BCUT2D eigenvalue weighted by atomic mass is 15.2. The second-order valence-electron chi connectivity index (χ2n) is 6.10. The Bertz CT molecular complexity index is 371. The van der Waals surface area contributed by atoms with E-state index in [2.05, 4.69) is 43.0 Å². The van der Waals surface area contributed by atoms with Crippen LogP contribution in [-0.4, -0.2) is 19.1 Å². The molecule has 2 atom stereocenters. The number of rotatable bonds is 5. The SMILES string of the molecule is Cc1ccc(N(CCCN)C2CCCC(C)C2)cc1. The van der Waals surface area contributed by atoms with Crippen LogP contribution in [0.2, 0.25) is 0 Å². The molecule has 2 nitrogen and oxygen atoms in total. The van der Waals surface area contributed by atoms with Gasteiger partial charge in [-0.3, -0.25) is 0 Å². The number of nitrogens with zero attached hydrogens (tertiary/aromatic N) is 1. The van der Waals surface area contributed by atoms with Crippen molar-refractivity contribution in [2.24, 2.45) is 11.7 Å². The highest BCUT2D eigenvalue weighted by molar-refractivity contribution is 5.48. The number of aryl methyl sites for hydroxylation is 1. The minimum Gasteiger partial charge on any atom is -0.368 e. The molecule has 2 N–H and O–H groups in total. The predicted octanol–water partition coefficient (Wildman–Crippen LogP) is 3.73. The minimum absolute atomic E-state index is 0.706. The van der Waals surface area contributed by atoms with Crippen LogP contribution in [0.15, 0.2) is 24.3 Å². The summed E-state index contributed by atoms with van der Waals surface area (Å²) in [4.78, 5) is 2.60. The molecule has 0 heterocycles. The molecule has 1 aromatic carbocycles. The first-order chi connectivity index (χ1) is 9.20. The molecule has 0 aliphatic heterocycles. The summed E-state index contributed by atoms with van der Waals surface area (Å²) in [5.74, 6) is 0.865. The van der Waals surface area contributed by atoms with Gasteiger partial charge in [0.15, 0.2) is 0 Å². The smallest absolute Gasteiger partial charge is 0.0368 e. The van der Waals surface area contributed by atoms with Crippen molar-refractivity contribution in [2.45, 2.75) is 52.0 Å². The first kappa shape index (κ1) is 14.4. The summed E-state index contributed by atoms with van der Waals surface area (Å²) in [6.07, 6.45) is 6.52. The zero-order valence-electron chi connectivity index (χ0n) is 12.4. The monoisotopic (exact) mass is 260 g/mol. The Morgan fingerprint density at radius 2 is 1.95 bits per heavy atom. The van der Waals surface area contributed by atoms with E-state index in [1.807, 2.05) is 0 Å². The molecule has 106 valence electrons. The Balaban J connectivity index is 2.12. The van der Waals surface area contributed by atoms with Gasteiger partial charge in [-0.05, 0) is 50.8 Å². The number of hydrogen-bond donors (Lipinski definition) is 1. The Labute approximate surface area is 118 Å². The van der Waals surface area contributed by atoms with Gasteiger partial charge < -0.3 is 10.6 Å². The van der Waals surface area contributed by atoms with E-state index in [0.717, 1.165) is 25.4 Å². The largest absolute Gasteiger partial charge is 0.368 e. The van der Waals surface area contributed by atoms with Crippen LogP contribution in [0, 0.1) is 12.8 Å². The zero-order valence-corrected chi connectivity index (χ0v) is 12.4. The van der Waals surface area contributed by atoms with Crippen molar-refractivity contribution in [3.05, 3.63) is 29.8 Å². The molecule has 0 radical (unpaired) electrons.